The van der Waals surface area contributed by atoms with Crippen LogP contribution >= 0.6 is 21.6 Å². The Kier molecular flexibility index (Phi) is 7.58. The lowest BCUT2D eigenvalue weighted by Crippen LogP contribution is -2.51. The fourth-order valence-electron chi connectivity index (χ4n) is 3.37. The van der Waals surface area contributed by atoms with Crippen LogP contribution in [0.1, 0.15) is 33.6 Å². The lowest BCUT2D eigenvalue weighted by molar-refractivity contribution is 0.0571. The molecule has 4 atom stereocenters. The molecular weight excluding hydrogens is 344 g/mol. The maximum absolute atomic E-state index is 11.8. The van der Waals surface area contributed by atoms with Gasteiger partial charge in [0.2, 0.25) is 0 Å². The molecule has 2 rings (SSSR count). The average molecular weight is 371 g/mol. The van der Waals surface area contributed by atoms with Gasteiger partial charge in [-0.05, 0) is 67.0 Å². The second-order valence-electron chi connectivity index (χ2n) is 5.38. The summed E-state index contributed by atoms with van der Waals surface area (Å²) in [6, 6.07) is 0. The van der Waals surface area contributed by atoms with E-state index in [4.69, 9.17) is 13.3 Å². The van der Waals surface area contributed by atoms with Crippen LogP contribution in [0.5, 0.6) is 0 Å². The Labute approximate surface area is 139 Å². The van der Waals surface area contributed by atoms with E-state index < -0.39 is 17.7 Å². The van der Waals surface area contributed by atoms with Crippen molar-refractivity contribution in [2.45, 2.75) is 39.2 Å². The van der Waals surface area contributed by atoms with Crippen molar-refractivity contribution in [1.29, 1.82) is 0 Å². The van der Waals surface area contributed by atoms with Gasteiger partial charge in [0, 0.05) is 36.9 Å². The van der Waals surface area contributed by atoms with Gasteiger partial charge in [-0.2, -0.15) is 0 Å². The topological polar surface area (TPSA) is 44.8 Å². The molecule has 1 saturated heterocycles. The first kappa shape index (κ1) is 18.3. The molecule has 124 valence electrons. The smallest absolute Gasteiger partial charge is 0.374 e. The Morgan fingerprint density at radius 2 is 1.57 bits per heavy atom. The quantitative estimate of drug-likeness (QED) is 0.505. The fourth-order valence-corrected chi connectivity index (χ4v) is 12.0. The van der Waals surface area contributed by atoms with E-state index in [-0.39, 0.29) is 0 Å². The van der Waals surface area contributed by atoms with Crippen LogP contribution in [0.4, 0.5) is 0 Å². The third-order valence-electron chi connectivity index (χ3n) is 4.06. The van der Waals surface area contributed by atoms with Crippen molar-refractivity contribution in [3.05, 3.63) is 0 Å². The van der Waals surface area contributed by atoms with Crippen LogP contribution in [0, 0.1) is 11.8 Å². The summed E-state index contributed by atoms with van der Waals surface area (Å²) in [5.74, 6) is 3.06. The van der Waals surface area contributed by atoms with Crippen molar-refractivity contribution in [3.63, 3.8) is 0 Å². The highest BCUT2D eigenvalue weighted by molar-refractivity contribution is 9.02. The van der Waals surface area contributed by atoms with Crippen molar-refractivity contribution >= 4 is 39.3 Å². The Bertz CT molecular complexity index is 341. The molecular formula is C13H26O4S3Si. The molecule has 1 heterocycles. The molecule has 0 amide bonds. The molecule has 2 bridgehead atoms. The first-order valence-corrected chi connectivity index (χ1v) is 13.7. The third kappa shape index (κ3) is 4.48. The zero-order chi connectivity index (χ0) is 15.3. The molecule has 8 heteroatoms. The monoisotopic (exact) mass is 370 g/mol. The van der Waals surface area contributed by atoms with Gasteiger partial charge in [0.1, 0.15) is 8.86 Å². The molecule has 0 aromatic rings. The molecule has 2 aliphatic rings. The van der Waals surface area contributed by atoms with Crippen LogP contribution in [-0.2, 0) is 22.1 Å². The van der Waals surface area contributed by atoms with E-state index in [0.717, 1.165) is 17.9 Å². The summed E-state index contributed by atoms with van der Waals surface area (Å²) in [5.41, 5.74) is 0.366. The van der Waals surface area contributed by atoms with Gasteiger partial charge in [-0.15, -0.1) is 0 Å². The van der Waals surface area contributed by atoms with Gasteiger partial charge in [-0.1, -0.05) is 0 Å². The first-order valence-electron chi connectivity index (χ1n) is 7.75. The van der Waals surface area contributed by atoms with Gasteiger partial charge < -0.3 is 13.3 Å². The molecule has 1 saturated carbocycles. The number of fused-ring (bicyclic) bond motifs is 2. The molecule has 0 N–H and O–H groups in total. The standard InChI is InChI=1S/C13H26O4S3Si/c1-4-15-21(16-5-2,17-6-3)13-8-11-7-12(13)10-19-20(14)18-9-11/h11-13H,4-10H2,1-3H3. The Hall–Kier alpha value is 0.947. The van der Waals surface area contributed by atoms with Crippen LogP contribution in [0.3, 0.4) is 0 Å². The maximum Gasteiger partial charge on any atom is 0.504 e. The Balaban J connectivity index is 2.19. The lowest BCUT2D eigenvalue weighted by atomic mass is 10.1. The largest absolute Gasteiger partial charge is 0.504 e. The van der Waals surface area contributed by atoms with Crippen LogP contribution in [0.25, 0.3) is 0 Å². The zero-order valence-electron chi connectivity index (χ0n) is 13.0. The molecule has 0 radical (unpaired) electrons. The van der Waals surface area contributed by atoms with E-state index in [9.17, 15) is 4.21 Å². The highest BCUT2D eigenvalue weighted by atomic mass is 33.5. The second-order valence-corrected chi connectivity index (χ2v) is 13.6. The predicted octanol–water partition coefficient (Wildman–Crippen LogP) is 3.49. The van der Waals surface area contributed by atoms with Crippen molar-refractivity contribution in [3.8, 4) is 0 Å². The summed E-state index contributed by atoms with van der Waals surface area (Å²) in [6.07, 6.45) is 2.30. The molecule has 0 aromatic heterocycles. The molecule has 0 aromatic carbocycles. The van der Waals surface area contributed by atoms with Crippen LogP contribution in [0.2, 0.25) is 5.54 Å². The average Bonchev–Trinajstić information content (AvgIpc) is 2.88. The van der Waals surface area contributed by atoms with E-state index in [1.165, 1.54) is 6.42 Å². The van der Waals surface area contributed by atoms with Crippen molar-refractivity contribution < 1.29 is 17.5 Å². The lowest BCUT2D eigenvalue weighted by Gasteiger charge is -2.36. The van der Waals surface area contributed by atoms with Crippen LogP contribution in [-0.4, -0.2) is 44.3 Å². The highest BCUT2D eigenvalue weighted by Gasteiger charge is 2.56. The number of rotatable bonds is 7. The predicted molar refractivity (Wildman–Crippen MR) is 93.7 cm³/mol. The minimum absolute atomic E-state index is 0.366. The SMILES string of the molecule is CCO[Si](OCC)(OCC)C1CC2CSS(=O)SCC1C2. The normalized spacial score (nSPS) is 33.7. The van der Waals surface area contributed by atoms with Crippen molar-refractivity contribution in [1.82, 2.24) is 0 Å². The van der Waals surface area contributed by atoms with E-state index in [2.05, 4.69) is 0 Å². The van der Waals surface area contributed by atoms with E-state index in [1.807, 2.05) is 20.8 Å². The number of hydrogen-bond donors (Lipinski definition) is 0. The summed E-state index contributed by atoms with van der Waals surface area (Å²) in [4.78, 5) is 0. The maximum atomic E-state index is 11.8. The van der Waals surface area contributed by atoms with E-state index in [0.29, 0.717) is 37.2 Å². The third-order valence-corrected chi connectivity index (χ3v) is 13.0. The van der Waals surface area contributed by atoms with Crippen molar-refractivity contribution in [2.24, 2.45) is 11.8 Å². The van der Waals surface area contributed by atoms with Crippen LogP contribution in [0.15, 0.2) is 0 Å². The fraction of sp³-hybridized carbons (Fsp3) is 1.00. The molecule has 1 aliphatic carbocycles. The van der Waals surface area contributed by atoms with Gasteiger partial charge >= 0.3 is 8.80 Å². The van der Waals surface area contributed by atoms with E-state index >= 15 is 0 Å². The Morgan fingerprint density at radius 3 is 2.14 bits per heavy atom. The molecule has 0 spiro atoms. The zero-order valence-corrected chi connectivity index (χ0v) is 16.5. The number of hydrogen-bond acceptors (Lipinski definition) is 6. The summed E-state index contributed by atoms with van der Waals surface area (Å²) in [7, 11) is -0.264. The molecule has 4 nitrogen and oxygen atoms in total. The summed E-state index contributed by atoms with van der Waals surface area (Å²) in [6.45, 7) is 7.94. The van der Waals surface area contributed by atoms with Crippen molar-refractivity contribution in [2.75, 3.05) is 31.3 Å². The molecule has 4 unspecified atom stereocenters. The Morgan fingerprint density at radius 1 is 1.00 bits per heavy atom. The molecule has 21 heavy (non-hydrogen) atoms. The summed E-state index contributed by atoms with van der Waals surface area (Å²) in [5, 5.41) is 0. The molecule has 2 fully saturated rings. The van der Waals surface area contributed by atoms with Gasteiger partial charge in [0.15, 0.2) is 0 Å². The summed E-state index contributed by atoms with van der Waals surface area (Å²) < 4.78 is 30.2. The molecule has 1 aliphatic heterocycles. The van der Waals surface area contributed by atoms with Gasteiger partial charge in [-0.25, -0.2) is 4.21 Å². The minimum Gasteiger partial charge on any atom is -0.374 e. The van der Waals surface area contributed by atoms with Crippen LogP contribution < -0.4 is 0 Å². The van der Waals surface area contributed by atoms with Gasteiger partial charge in [-0.3, -0.25) is 0 Å². The van der Waals surface area contributed by atoms with Gasteiger partial charge in [0.05, 0.1) is 0 Å². The highest BCUT2D eigenvalue weighted by Crippen LogP contribution is 2.52. The van der Waals surface area contributed by atoms with E-state index in [1.54, 1.807) is 21.6 Å². The minimum atomic E-state index is -2.64. The second kappa shape index (κ2) is 8.70. The van der Waals surface area contributed by atoms with Gasteiger partial charge in [0.25, 0.3) is 0 Å². The summed E-state index contributed by atoms with van der Waals surface area (Å²) >= 11 is 0. The first-order chi connectivity index (χ1) is 10.1.